The summed E-state index contributed by atoms with van der Waals surface area (Å²) >= 11 is 0. The van der Waals surface area contributed by atoms with Crippen molar-refractivity contribution in [3.8, 4) is 0 Å². The second-order valence-electron chi connectivity index (χ2n) is 5.67. The highest BCUT2D eigenvalue weighted by molar-refractivity contribution is 5.22. The summed E-state index contributed by atoms with van der Waals surface area (Å²) in [4.78, 5) is 0. The van der Waals surface area contributed by atoms with Crippen LogP contribution in [-0.2, 0) is 0 Å². The molecule has 0 heterocycles. The second kappa shape index (κ2) is 7.32. The van der Waals surface area contributed by atoms with Crippen LogP contribution in [0.25, 0.3) is 0 Å². The largest absolute Gasteiger partial charge is 0.385 e. The van der Waals surface area contributed by atoms with Crippen LogP contribution in [0.5, 0.6) is 0 Å². The minimum Gasteiger partial charge on any atom is -0.385 e. The maximum atomic E-state index is 3.46. The average molecular weight is 221 g/mol. The maximum Gasteiger partial charge on any atom is 0.0336 e. The normalized spacial score (nSPS) is 14.3. The van der Waals surface area contributed by atoms with Gasteiger partial charge in [0.25, 0.3) is 0 Å². The Morgan fingerprint density at radius 3 is 2.31 bits per heavy atom. The lowest BCUT2D eigenvalue weighted by atomic mass is 9.97. The fourth-order valence-corrected chi connectivity index (χ4v) is 1.10. The first kappa shape index (κ1) is 15.0. The van der Waals surface area contributed by atoms with Crippen LogP contribution < -0.4 is 5.32 Å². The number of rotatable bonds is 5. The average Bonchev–Trinajstić information content (AvgIpc) is 2.12. The van der Waals surface area contributed by atoms with E-state index >= 15 is 0 Å². The molecule has 92 valence electrons. The minimum absolute atomic E-state index is 0.308. The van der Waals surface area contributed by atoms with Crippen LogP contribution >= 0.6 is 0 Å². The van der Waals surface area contributed by atoms with Crippen LogP contribution in [0.3, 0.4) is 0 Å². The van der Waals surface area contributed by atoms with Gasteiger partial charge in [0.1, 0.15) is 0 Å². The fourth-order valence-electron chi connectivity index (χ4n) is 1.10. The lowest BCUT2D eigenvalue weighted by Crippen LogP contribution is -2.25. The first-order valence-corrected chi connectivity index (χ1v) is 6.10. The standard InChI is InChI=1S/C15H27N/c1-7-9-14(11-8-10-13(2)3)16-12-15(4,5)6/h7-11,13,16H,12H2,1-6H3/b9-7-,10-8+,14-11+. The number of hydrogen-bond donors (Lipinski definition) is 1. The van der Waals surface area contributed by atoms with Crippen molar-refractivity contribution in [2.45, 2.75) is 41.5 Å². The molecule has 0 bridgehead atoms. The van der Waals surface area contributed by atoms with E-state index in [1.807, 2.05) is 6.92 Å². The molecule has 0 saturated heterocycles. The lowest BCUT2D eigenvalue weighted by molar-refractivity contribution is 0.399. The Balaban J connectivity index is 4.38. The van der Waals surface area contributed by atoms with Crippen molar-refractivity contribution >= 4 is 0 Å². The van der Waals surface area contributed by atoms with Crippen molar-refractivity contribution in [1.29, 1.82) is 0 Å². The highest BCUT2D eigenvalue weighted by Gasteiger charge is 2.08. The summed E-state index contributed by atoms with van der Waals surface area (Å²) in [6.07, 6.45) is 10.6. The molecule has 0 aromatic carbocycles. The van der Waals surface area contributed by atoms with Gasteiger partial charge < -0.3 is 5.32 Å². The van der Waals surface area contributed by atoms with E-state index in [4.69, 9.17) is 0 Å². The molecule has 0 saturated carbocycles. The molecule has 0 aromatic heterocycles. The number of hydrogen-bond acceptors (Lipinski definition) is 1. The molecule has 0 aliphatic rings. The highest BCUT2D eigenvalue weighted by atomic mass is 14.9. The van der Waals surface area contributed by atoms with Crippen molar-refractivity contribution in [1.82, 2.24) is 5.32 Å². The Morgan fingerprint density at radius 1 is 1.25 bits per heavy atom. The Labute approximate surface area is 101 Å². The molecule has 1 N–H and O–H groups in total. The van der Waals surface area contributed by atoms with Crippen LogP contribution in [0.1, 0.15) is 41.5 Å². The van der Waals surface area contributed by atoms with Crippen molar-refractivity contribution < 1.29 is 0 Å². The molecule has 0 atom stereocenters. The topological polar surface area (TPSA) is 12.0 Å². The Bertz CT molecular complexity index is 262. The highest BCUT2D eigenvalue weighted by Crippen LogP contribution is 2.11. The van der Waals surface area contributed by atoms with Crippen LogP contribution in [0, 0.1) is 11.3 Å². The number of nitrogens with one attached hydrogen (secondary N) is 1. The van der Waals surface area contributed by atoms with Gasteiger partial charge in [-0.25, -0.2) is 0 Å². The molecule has 0 radical (unpaired) electrons. The lowest BCUT2D eigenvalue weighted by Gasteiger charge is -2.20. The molecule has 0 amide bonds. The first-order chi connectivity index (χ1) is 7.35. The first-order valence-electron chi connectivity index (χ1n) is 6.10. The Kier molecular flexibility index (Phi) is 6.87. The SMILES string of the molecule is C\C=C/C(=C\C=C\C(C)C)NCC(C)(C)C. The van der Waals surface area contributed by atoms with Gasteiger partial charge in [-0.2, -0.15) is 0 Å². The van der Waals surface area contributed by atoms with Gasteiger partial charge in [-0.1, -0.05) is 52.8 Å². The van der Waals surface area contributed by atoms with Crippen LogP contribution in [0.15, 0.2) is 36.1 Å². The molecule has 1 nitrogen and oxygen atoms in total. The molecule has 0 spiro atoms. The molecule has 0 unspecified atom stereocenters. The summed E-state index contributed by atoms with van der Waals surface area (Å²) in [5, 5.41) is 3.46. The summed E-state index contributed by atoms with van der Waals surface area (Å²) in [7, 11) is 0. The zero-order chi connectivity index (χ0) is 12.6. The number of allylic oxidation sites excluding steroid dienone is 5. The third-order valence-corrected chi connectivity index (χ3v) is 1.94. The predicted octanol–water partition coefficient (Wildman–Crippen LogP) is 4.29. The second-order valence-corrected chi connectivity index (χ2v) is 5.67. The molecular weight excluding hydrogens is 194 g/mol. The molecule has 0 aliphatic heterocycles. The molecule has 0 aromatic rings. The molecule has 0 aliphatic carbocycles. The molecule has 1 heteroatoms. The fraction of sp³-hybridized carbons (Fsp3) is 0.600. The van der Waals surface area contributed by atoms with E-state index in [1.165, 1.54) is 5.70 Å². The summed E-state index contributed by atoms with van der Waals surface area (Å²) in [5.41, 5.74) is 1.48. The summed E-state index contributed by atoms with van der Waals surface area (Å²) in [6.45, 7) is 14.1. The maximum absolute atomic E-state index is 3.46. The molecule has 0 fully saturated rings. The van der Waals surface area contributed by atoms with Gasteiger partial charge in [0, 0.05) is 12.2 Å². The summed E-state index contributed by atoms with van der Waals surface area (Å²) in [6, 6.07) is 0. The van der Waals surface area contributed by atoms with Gasteiger partial charge in [0.15, 0.2) is 0 Å². The smallest absolute Gasteiger partial charge is 0.0336 e. The van der Waals surface area contributed by atoms with Crippen molar-refractivity contribution in [2.24, 2.45) is 11.3 Å². The summed E-state index contributed by atoms with van der Waals surface area (Å²) in [5.74, 6) is 0.603. The van der Waals surface area contributed by atoms with Gasteiger partial charge in [-0.05, 0) is 30.4 Å². The van der Waals surface area contributed by atoms with E-state index in [2.05, 4.69) is 70.3 Å². The third-order valence-electron chi connectivity index (χ3n) is 1.94. The van der Waals surface area contributed by atoms with Crippen molar-refractivity contribution in [2.75, 3.05) is 6.54 Å². The van der Waals surface area contributed by atoms with E-state index in [9.17, 15) is 0 Å². The van der Waals surface area contributed by atoms with Gasteiger partial charge in [0.05, 0.1) is 0 Å². The predicted molar refractivity (Wildman–Crippen MR) is 74.3 cm³/mol. The van der Waals surface area contributed by atoms with Crippen LogP contribution in [0.2, 0.25) is 0 Å². The quantitative estimate of drug-likeness (QED) is 0.683. The van der Waals surface area contributed by atoms with Gasteiger partial charge in [0.2, 0.25) is 0 Å². The molecule has 0 rings (SSSR count). The van der Waals surface area contributed by atoms with Crippen molar-refractivity contribution in [3.05, 3.63) is 36.1 Å². The third kappa shape index (κ3) is 9.57. The van der Waals surface area contributed by atoms with E-state index in [0.717, 1.165) is 6.54 Å². The van der Waals surface area contributed by atoms with Gasteiger partial charge in [-0.15, -0.1) is 0 Å². The zero-order valence-electron chi connectivity index (χ0n) is 11.7. The van der Waals surface area contributed by atoms with Gasteiger partial charge in [-0.3, -0.25) is 0 Å². The molecule has 16 heavy (non-hydrogen) atoms. The van der Waals surface area contributed by atoms with Crippen LogP contribution in [0.4, 0.5) is 0 Å². The van der Waals surface area contributed by atoms with E-state index < -0.39 is 0 Å². The van der Waals surface area contributed by atoms with Gasteiger partial charge >= 0.3 is 0 Å². The minimum atomic E-state index is 0.308. The zero-order valence-corrected chi connectivity index (χ0v) is 11.7. The van der Waals surface area contributed by atoms with E-state index in [0.29, 0.717) is 11.3 Å². The van der Waals surface area contributed by atoms with E-state index in [1.54, 1.807) is 0 Å². The van der Waals surface area contributed by atoms with E-state index in [-0.39, 0.29) is 0 Å². The Morgan fingerprint density at radius 2 is 1.88 bits per heavy atom. The Hall–Kier alpha value is -0.980. The summed E-state index contributed by atoms with van der Waals surface area (Å²) < 4.78 is 0. The van der Waals surface area contributed by atoms with Crippen molar-refractivity contribution in [3.63, 3.8) is 0 Å². The van der Waals surface area contributed by atoms with Crippen LogP contribution in [-0.4, -0.2) is 6.54 Å². The molecular formula is C15H27N. The monoisotopic (exact) mass is 221 g/mol.